The van der Waals surface area contributed by atoms with Crippen molar-refractivity contribution in [2.75, 3.05) is 23.3 Å². The van der Waals surface area contributed by atoms with Crippen molar-refractivity contribution in [1.82, 2.24) is 10.3 Å². The summed E-state index contributed by atoms with van der Waals surface area (Å²) >= 11 is 0. The lowest BCUT2D eigenvalue weighted by atomic mass is 10.1. The molecule has 5 N–H and O–H groups in total. The highest BCUT2D eigenvalue weighted by atomic mass is 16.6. The Morgan fingerprint density at radius 3 is 2.35 bits per heavy atom. The third-order valence-electron chi connectivity index (χ3n) is 4.91. The Morgan fingerprint density at radius 1 is 1.10 bits per heavy atom. The van der Waals surface area contributed by atoms with E-state index in [0.29, 0.717) is 5.69 Å². The predicted octanol–water partition coefficient (Wildman–Crippen LogP) is 3.69. The SMILES string of the molecule is CC(C)(C)OC(=O)NCc1[nH]c(O)c(C(=O)Nc2ccc(N3CCCCC3)cc2)c1O. The molecule has 2 amide bonds. The van der Waals surface area contributed by atoms with Crippen molar-refractivity contribution in [2.24, 2.45) is 0 Å². The fourth-order valence-electron chi connectivity index (χ4n) is 3.45. The molecule has 0 saturated carbocycles. The summed E-state index contributed by atoms with van der Waals surface area (Å²) in [7, 11) is 0. The first kappa shape index (κ1) is 22.3. The average Bonchev–Trinajstić information content (AvgIpc) is 2.99. The molecule has 1 saturated heterocycles. The average molecular weight is 431 g/mol. The maximum Gasteiger partial charge on any atom is 0.407 e. The molecule has 31 heavy (non-hydrogen) atoms. The molecule has 0 aliphatic carbocycles. The predicted molar refractivity (Wildman–Crippen MR) is 118 cm³/mol. The quantitative estimate of drug-likeness (QED) is 0.492. The smallest absolute Gasteiger partial charge is 0.407 e. The monoisotopic (exact) mass is 430 g/mol. The highest BCUT2D eigenvalue weighted by molar-refractivity contribution is 6.08. The molecular formula is C22H30N4O5. The van der Waals surface area contributed by atoms with E-state index in [9.17, 15) is 19.8 Å². The number of carbonyl (C=O) groups excluding carboxylic acids is 2. The second-order valence-corrected chi connectivity index (χ2v) is 8.58. The van der Waals surface area contributed by atoms with Crippen LogP contribution in [0.2, 0.25) is 0 Å². The van der Waals surface area contributed by atoms with Crippen molar-refractivity contribution >= 4 is 23.4 Å². The van der Waals surface area contributed by atoms with Gasteiger partial charge in [0, 0.05) is 24.5 Å². The van der Waals surface area contributed by atoms with Crippen LogP contribution in [0.25, 0.3) is 0 Å². The van der Waals surface area contributed by atoms with Crippen LogP contribution in [0.4, 0.5) is 16.2 Å². The van der Waals surface area contributed by atoms with E-state index < -0.39 is 29.2 Å². The maximum absolute atomic E-state index is 12.6. The van der Waals surface area contributed by atoms with Gasteiger partial charge in [0.25, 0.3) is 5.91 Å². The summed E-state index contributed by atoms with van der Waals surface area (Å²) in [6.45, 7) is 7.09. The second kappa shape index (κ2) is 9.20. The molecule has 3 rings (SSSR count). The number of benzene rings is 1. The highest BCUT2D eigenvalue weighted by Crippen LogP contribution is 2.32. The van der Waals surface area contributed by atoms with Crippen LogP contribution >= 0.6 is 0 Å². The number of rotatable bonds is 5. The van der Waals surface area contributed by atoms with Gasteiger partial charge in [-0.3, -0.25) is 4.79 Å². The second-order valence-electron chi connectivity index (χ2n) is 8.58. The standard InChI is InChI=1S/C22H30N4O5/c1-22(2,3)31-21(30)23-13-16-18(27)17(20(29)25-16)19(28)24-14-7-9-15(10-8-14)26-11-5-4-6-12-26/h7-10,25,27,29H,4-6,11-13H2,1-3H3,(H,23,30)(H,24,28). The van der Waals surface area contributed by atoms with Crippen LogP contribution in [0.15, 0.2) is 24.3 Å². The zero-order chi connectivity index (χ0) is 22.6. The summed E-state index contributed by atoms with van der Waals surface area (Å²) in [4.78, 5) is 29.2. The molecule has 0 bridgehead atoms. The number of aromatic nitrogens is 1. The van der Waals surface area contributed by atoms with Crippen LogP contribution in [0.5, 0.6) is 11.6 Å². The van der Waals surface area contributed by atoms with Crippen LogP contribution in [0.1, 0.15) is 56.1 Å². The molecule has 1 aromatic heterocycles. The number of aromatic hydroxyl groups is 2. The Morgan fingerprint density at radius 2 is 1.74 bits per heavy atom. The molecule has 2 heterocycles. The van der Waals surface area contributed by atoms with Crippen molar-refractivity contribution in [3.8, 4) is 11.6 Å². The fourth-order valence-corrected chi connectivity index (χ4v) is 3.45. The van der Waals surface area contributed by atoms with Crippen LogP contribution in [-0.2, 0) is 11.3 Å². The Balaban J connectivity index is 1.63. The third-order valence-corrected chi connectivity index (χ3v) is 4.91. The minimum atomic E-state index is -0.680. The first-order chi connectivity index (χ1) is 14.6. The molecule has 9 heteroatoms. The molecule has 168 valence electrons. The largest absolute Gasteiger partial charge is 0.505 e. The number of ether oxygens (including phenoxy) is 1. The summed E-state index contributed by atoms with van der Waals surface area (Å²) in [5.74, 6) is -1.59. The molecule has 0 radical (unpaired) electrons. The van der Waals surface area contributed by atoms with Crippen molar-refractivity contribution in [3.63, 3.8) is 0 Å². The van der Waals surface area contributed by atoms with E-state index >= 15 is 0 Å². The van der Waals surface area contributed by atoms with Gasteiger partial charge < -0.3 is 35.5 Å². The van der Waals surface area contributed by atoms with Gasteiger partial charge in [0.1, 0.15) is 11.2 Å². The number of alkyl carbamates (subject to hydrolysis) is 1. The number of carbonyl (C=O) groups is 2. The van der Waals surface area contributed by atoms with Gasteiger partial charge in [-0.1, -0.05) is 0 Å². The number of anilines is 2. The lowest BCUT2D eigenvalue weighted by Gasteiger charge is -2.28. The van der Waals surface area contributed by atoms with Gasteiger partial charge in [-0.15, -0.1) is 0 Å². The van der Waals surface area contributed by atoms with E-state index in [1.165, 1.54) is 19.3 Å². The molecular weight excluding hydrogens is 400 g/mol. The van der Waals surface area contributed by atoms with E-state index in [2.05, 4.69) is 20.5 Å². The third kappa shape index (κ3) is 5.84. The van der Waals surface area contributed by atoms with Gasteiger partial charge in [0.05, 0.1) is 12.2 Å². The van der Waals surface area contributed by atoms with Crippen LogP contribution in [0.3, 0.4) is 0 Å². The normalized spacial score (nSPS) is 14.2. The number of nitrogens with zero attached hydrogens (tertiary/aromatic N) is 1. The fraction of sp³-hybridized carbons (Fsp3) is 0.455. The molecule has 0 atom stereocenters. The Labute approximate surface area is 181 Å². The minimum absolute atomic E-state index is 0.0916. The topological polar surface area (TPSA) is 127 Å². The number of hydrogen-bond acceptors (Lipinski definition) is 6. The van der Waals surface area contributed by atoms with E-state index in [1.807, 2.05) is 12.1 Å². The lowest BCUT2D eigenvalue weighted by Crippen LogP contribution is -2.32. The van der Waals surface area contributed by atoms with Crippen molar-refractivity contribution in [2.45, 2.75) is 52.2 Å². The van der Waals surface area contributed by atoms with Crippen LogP contribution < -0.4 is 15.5 Å². The first-order valence-corrected chi connectivity index (χ1v) is 10.4. The minimum Gasteiger partial charge on any atom is -0.505 e. The van der Waals surface area contributed by atoms with Gasteiger partial charge in [-0.05, 0) is 64.3 Å². The van der Waals surface area contributed by atoms with Gasteiger partial charge in [0.15, 0.2) is 5.75 Å². The van der Waals surface area contributed by atoms with Crippen molar-refractivity contribution in [3.05, 3.63) is 35.5 Å². The van der Waals surface area contributed by atoms with Crippen molar-refractivity contribution < 1.29 is 24.5 Å². The van der Waals surface area contributed by atoms with Crippen molar-refractivity contribution in [1.29, 1.82) is 0 Å². The Bertz CT molecular complexity index is 925. The van der Waals surface area contributed by atoms with Gasteiger partial charge in [-0.2, -0.15) is 0 Å². The molecule has 9 nitrogen and oxygen atoms in total. The zero-order valence-electron chi connectivity index (χ0n) is 18.1. The number of H-pyrrole nitrogens is 1. The van der Waals surface area contributed by atoms with E-state index in [-0.39, 0.29) is 17.8 Å². The molecule has 0 unspecified atom stereocenters. The van der Waals surface area contributed by atoms with Crippen LogP contribution in [-0.4, -0.2) is 45.9 Å². The Hall–Kier alpha value is -3.36. The first-order valence-electron chi connectivity index (χ1n) is 10.4. The molecule has 2 aromatic rings. The molecule has 1 fully saturated rings. The Kier molecular flexibility index (Phi) is 6.62. The maximum atomic E-state index is 12.6. The highest BCUT2D eigenvalue weighted by Gasteiger charge is 2.24. The number of piperidine rings is 1. The van der Waals surface area contributed by atoms with E-state index in [1.54, 1.807) is 32.9 Å². The summed E-state index contributed by atoms with van der Waals surface area (Å²) in [5.41, 5.74) is 0.772. The summed E-state index contributed by atoms with van der Waals surface area (Å²) in [5, 5.41) is 25.6. The summed E-state index contributed by atoms with van der Waals surface area (Å²) < 4.78 is 5.13. The molecule has 1 aromatic carbocycles. The van der Waals surface area contributed by atoms with E-state index in [0.717, 1.165) is 18.8 Å². The molecule has 1 aliphatic heterocycles. The van der Waals surface area contributed by atoms with Gasteiger partial charge in [0.2, 0.25) is 5.88 Å². The van der Waals surface area contributed by atoms with E-state index in [4.69, 9.17) is 4.74 Å². The lowest BCUT2D eigenvalue weighted by molar-refractivity contribution is 0.0522. The molecule has 0 spiro atoms. The van der Waals surface area contributed by atoms with Gasteiger partial charge >= 0.3 is 6.09 Å². The van der Waals surface area contributed by atoms with Gasteiger partial charge in [-0.25, -0.2) is 4.79 Å². The number of aromatic amines is 1. The number of nitrogens with one attached hydrogen (secondary N) is 3. The molecule has 1 aliphatic rings. The summed E-state index contributed by atoms with van der Waals surface area (Å²) in [6.07, 6.45) is 2.93. The summed E-state index contributed by atoms with van der Waals surface area (Å²) in [6, 6.07) is 7.45. The van der Waals surface area contributed by atoms with Crippen LogP contribution in [0, 0.1) is 0 Å². The zero-order valence-corrected chi connectivity index (χ0v) is 18.1. The number of amides is 2. The number of hydrogen-bond donors (Lipinski definition) is 5.